The Balaban J connectivity index is 1.36. The van der Waals surface area contributed by atoms with Crippen LogP contribution in [0.2, 0.25) is 5.02 Å². The molecule has 1 saturated heterocycles. The number of hydrogen-bond acceptors (Lipinski definition) is 5. The molecular formula is C28H30ClFN4O3. The van der Waals surface area contributed by atoms with Crippen molar-refractivity contribution in [2.75, 3.05) is 26.2 Å². The van der Waals surface area contributed by atoms with Gasteiger partial charge in [-0.15, -0.1) is 0 Å². The summed E-state index contributed by atoms with van der Waals surface area (Å²) in [5.74, 6) is -0.482. The van der Waals surface area contributed by atoms with Gasteiger partial charge in [0.2, 0.25) is 0 Å². The molecule has 2 atom stereocenters. The number of nitrogens with zero attached hydrogens (tertiary/aromatic N) is 4. The molecule has 1 aliphatic heterocycles. The van der Waals surface area contributed by atoms with Crippen LogP contribution < -0.4 is 0 Å². The fourth-order valence-electron chi connectivity index (χ4n) is 5.32. The standard InChI is InChI=1S/C28H30ClFN4O3/c1-3-13-37-28(36)34-12-11-33(16-17(34)2)27(35)19-7-9-21-24(15-19)32-23-14-18(6-8-20(23)25(21)29)26-22(30)5-4-10-31-26/h4-5,7,9-10,15,17-18H,3,6,8,11-14,16H2,1-2H3. The van der Waals surface area contributed by atoms with Crippen LogP contribution in [0.4, 0.5) is 9.18 Å². The Morgan fingerprint density at radius 2 is 2.08 bits per heavy atom. The van der Waals surface area contributed by atoms with Gasteiger partial charge < -0.3 is 14.5 Å². The summed E-state index contributed by atoms with van der Waals surface area (Å²) in [6, 6.07) is 8.30. The minimum atomic E-state index is -0.334. The van der Waals surface area contributed by atoms with Crippen molar-refractivity contribution in [3.8, 4) is 0 Å². The maximum absolute atomic E-state index is 14.4. The summed E-state index contributed by atoms with van der Waals surface area (Å²) in [5, 5.41) is 1.45. The molecule has 0 bridgehead atoms. The van der Waals surface area contributed by atoms with Crippen LogP contribution in [0, 0.1) is 5.82 Å². The zero-order chi connectivity index (χ0) is 26.1. The van der Waals surface area contributed by atoms with Crippen molar-refractivity contribution in [3.05, 3.63) is 69.9 Å². The average molecular weight is 525 g/mol. The molecule has 3 aromatic rings. The van der Waals surface area contributed by atoms with Gasteiger partial charge in [-0.1, -0.05) is 24.6 Å². The normalized spacial score (nSPS) is 19.6. The Morgan fingerprint density at radius 1 is 1.24 bits per heavy atom. The lowest BCUT2D eigenvalue weighted by molar-refractivity contribution is 0.0412. The quantitative estimate of drug-likeness (QED) is 0.457. The highest BCUT2D eigenvalue weighted by molar-refractivity contribution is 6.36. The number of halogens is 2. The van der Waals surface area contributed by atoms with Crippen LogP contribution in [0.3, 0.4) is 0 Å². The van der Waals surface area contributed by atoms with E-state index in [2.05, 4.69) is 4.98 Å². The molecule has 0 saturated carbocycles. The largest absolute Gasteiger partial charge is 0.449 e. The molecule has 2 amide bonds. The Labute approximate surface area is 220 Å². The maximum atomic E-state index is 14.4. The molecule has 0 radical (unpaired) electrons. The minimum absolute atomic E-state index is 0.0682. The molecule has 1 aromatic carbocycles. The molecule has 0 spiro atoms. The molecule has 5 rings (SSSR count). The lowest BCUT2D eigenvalue weighted by atomic mass is 9.84. The van der Waals surface area contributed by atoms with Gasteiger partial charge in [-0.3, -0.25) is 14.8 Å². The van der Waals surface area contributed by atoms with E-state index in [1.54, 1.807) is 34.2 Å². The summed E-state index contributed by atoms with van der Waals surface area (Å²) in [6.45, 7) is 5.53. The predicted octanol–water partition coefficient (Wildman–Crippen LogP) is 5.39. The Bertz CT molecular complexity index is 1350. The summed E-state index contributed by atoms with van der Waals surface area (Å²) in [5.41, 5.74) is 3.44. The zero-order valence-corrected chi connectivity index (χ0v) is 21.8. The monoisotopic (exact) mass is 524 g/mol. The number of piperazine rings is 1. The molecule has 37 heavy (non-hydrogen) atoms. The first-order valence-electron chi connectivity index (χ1n) is 12.8. The molecule has 2 aliphatic rings. The molecular weight excluding hydrogens is 495 g/mol. The Kier molecular flexibility index (Phi) is 7.29. The molecule has 9 heteroatoms. The van der Waals surface area contributed by atoms with E-state index in [0.29, 0.717) is 60.9 Å². The Morgan fingerprint density at radius 3 is 2.84 bits per heavy atom. The molecule has 1 fully saturated rings. The maximum Gasteiger partial charge on any atom is 0.410 e. The summed E-state index contributed by atoms with van der Waals surface area (Å²) in [4.78, 5) is 38.2. The fourth-order valence-corrected chi connectivity index (χ4v) is 5.69. The molecule has 1 aliphatic carbocycles. The van der Waals surface area contributed by atoms with Crippen LogP contribution in [0.25, 0.3) is 10.9 Å². The number of pyridine rings is 2. The average Bonchev–Trinajstić information content (AvgIpc) is 2.91. The van der Waals surface area contributed by atoms with Crippen LogP contribution in [0.1, 0.15) is 59.9 Å². The topological polar surface area (TPSA) is 75.6 Å². The van der Waals surface area contributed by atoms with E-state index in [1.807, 2.05) is 19.9 Å². The molecule has 7 nitrogen and oxygen atoms in total. The Hall–Kier alpha value is -3.26. The van der Waals surface area contributed by atoms with E-state index < -0.39 is 0 Å². The van der Waals surface area contributed by atoms with E-state index in [9.17, 15) is 14.0 Å². The van der Waals surface area contributed by atoms with Crippen molar-refractivity contribution in [2.45, 2.75) is 51.5 Å². The first-order valence-corrected chi connectivity index (χ1v) is 13.2. The number of benzene rings is 1. The molecule has 0 N–H and O–H groups in total. The number of ether oxygens (including phenoxy) is 1. The highest BCUT2D eigenvalue weighted by Crippen LogP contribution is 2.38. The summed E-state index contributed by atoms with van der Waals surface area (Å²) in [7, 11) is 0. The summed E-state index contributed by atoms with van der Waals surface area (Å²) < 4.78 is 19.6. The van der Waals surface area contributed by atoms with Crippen LogP contribution in [-0.2, 0) is 17.6 Å². The fraction of sp³-hybridized carbons (Fsp3) is 0.429. The number of fused-ring (bicyclic) bond motifs is 2. The number of aromatic nitrogens is 2. The van der Waals surface area contributed by atoms with Crippen molar-refractivity contribution in [1.29, 1.82) is 0 Å². The third-order valence-corrected chi connectivity index (χ3v) is 7.72. The second-order valence-electron chi connectivity index (χ2n) is 9.80. The molecule has 2 aromatic heterocycles. The van der Waals surface area contributed by atoms with Gasteiger partial charge >= 0.3 is 6.09 Å². The highest BCUT2D eigenvalue weighted by Gasteiger charge is 2.32. The minimum Gasteiger partial charge on any atom is -0.449 e. The van der Waals surface area contributed by atoms with Crippen LogP contribution in [0.5, 0.6) is 0 Å². The first-order chi connectivity index (χ1) is 17.9. The third-order valence-electron chi connectivity index (χ3n) is 7.28. The van der Waals surface area contributed by atoms with Crippen LogP contribution >= 0.6 is 11.6 Å². The first kappa shape index (κ1) is 25.4. The van der Waals surface area contributed by atoms with Gasteiger partial charge in [0.15, 0.2) is 0 Å². The smallest absolute Gasteiger partial charge is 0.410 e. The molecule has 2 unspecified atom stereocenters. The van der Waals surface area contributed by atoms with E-state index in [4.69, 9.17) is 21.3 Å². The second kappa shape index (κ2) is 10.6. The third kappa shape index (κ3) is 4.99. The molecule has 194 valence electrons. The van der Waals surface area contributed by atoms with Crippen molar-refractivity contribution in [1.82, 2.24) is 19.8 Å². The van der Waals surface area contributed by atoms with Crippen molar-refractivity contribution in [3.63, 3.8) is 0 Å². The second-order valence-corrected chi connectivity index (χ2v) is 10.2. The summed E-state index contributed by atoms with van der Waals surface area (Å²) >= 11 is 6.79. The van der Waals surface area contributed by atoms with E-state index >= 15 is 0 Å². The van der Waals surface area contributed by atoms with Crippen molar-refractivity contribution >= 4 is 34.5 Å². The van der Waals surface area contributed by atoms with Gasteiger partial charge in [0, 0.05) is 54.4 Å². The molecule has 3 heterocycles. The lowest BCUT2D eigenvalue weighted by Gasteiger charge is -2.39. The number of rotatable bonds is 4. The predicted molar refractivity (Wildman–Crippen MR) is 139 cm³/mol. The van der Waals surface area contributed by atoms with Gasteiger partial charge in [0.05, 0.1) is 22.8 Å². The van der Waals surface area contributed by atoms with Crippen molar-refractivity contribution in [2.24, 2.45) is 0 Å². The number of carbonyl (C=O) groups is 2. The number of amides is 2. The van der Waals surface area contributed by atoms with E-state index in [0.717, 1.165) is 29.5 Å². The number of hydrogen-bond donors (Lipinski definition) is 0. The highest BCUT2D eigenvalue weighted by atomic mass is 35.5. The van der Waals surface area contributed by atoms with Gasteiger partial charge in [-0.05, 0) is 62.4 Å². The number of carbonyl (C=O) groups excluding carboxylic acids is 2. The zero-order valence-electron chi connectivity index (χ0n) is 21.0. The SMILES string of the molecule is CCCOC(=O)N1CCN(C(=O)c2ccc3c(Cl)c4c(nc3c2)CC(c2ncccc2F)CC4)CC1C. The lowest BCUT2D eigenvalue weighted by Crippen LogP contribution is -2.55. The van der Waals surface area contributed by atoms with E-state index in [-0.39, 0.29) is 29.8 Å². The van der Waals surface area contributed by atoms with Gasteiger partial charge in [0.25, 0.3) is 5.91 Å². The van der Waals surface area contributed by atoms with E-state index in [1.165, 1.54) is 6.07 Å². The summed E-state index contributed by atoms with van der Waals surface area (Å²) in [6.07, 6.45) is 4.04. The van der Waals surface area contributed by atoms with Crippen LogP contribution in [0.15, 0.2) is 36.5 Å². The van der Waals surface area contributed by atoms with Gasteiger partial charge in [0.1, 0.15) is 5.82 Å². The van der Waals surface area contributed by atoms with Gasteiger partial charge in [-0.25, -0.2) is 9.18 Å². The van der Waals surface area contributed by atoms with Crippen LogP contribution in [-0.4, -0.2) is 64.1 Å². The van der Waals surface area contributed by atoms with Crippen molar-refractivity contribution < 1.29 is 18.7 Å². The van der Waals surface area contributed by atoms with Gasteiger partial charge in [-0.2, -0.15) is 0 Å².